The van der Waals surface area contributed by atoms with Crippen LogP contribution < -0.4 is 45.0 Å². The van der Waals surface area contributed by atoms with Crippen molar-refractivity contribution in [1.29, 1.82) is 0 Å². The highest BCUT2D eigenvalue weighted by atomic mass is 19.1. The van der Waals surface area contributed by atoms with Crippen molar-refractivity contribution in [3.05, 3.63) is 184 Å². The zero-order valence-corrected chi connectivity index (χ0v) is 44.7. The number of rotatable bonds is 16. The Morgan fingerprint density at radius 1 is 0.554 bits per heavy atom. The van der Waals surface area contributed by atoms with E-state index < -0.39 is 39.9 Å². The van der Waals surface area contributed by atoms with Gasteiger partial charge in [0.05, 0.1) is 82.8 Å². The maximum absolute atomic E-state index is 13.5. The number of methoxy groups -OCH3 is 4. The fourth-order valence-electron chi connectivity index (χ4n) is 8.48. The zero-order valence-electron chi connectivity index (χ0n) is 44.7. The van der Waals surface area contributed by atoms with Gasteiger partial charge in [-0.1, -0.05) is 24.3 Å². The standard InChI is InChI=1S/C30H24FN5O5.C15H14N4O3.C14H11FN2O3/c1-39-26-11-21-23(12-27(26)40-2)32-10-9-25(21)41-20-14-33-28(34-15-20)13-24(37)29-30(38)22(16-36(35-29)19-7-8-19)17-3-5-18(31)6-4-17;1-20-13-5-10-11(6-14(13)21-2)17-4-3-12(10)22-9-7-18-15(16)19-8-9;15-9-3-1-8(2-4-9)11-7-17(10-5-6-10)16-12(13(11)18)14(19)20/h3-6,9-12,14-16,19H,7-8,13H2,1-2H3;3-8H,1-2H3,(H2,16,18,19);1-4,7,10H,5-6H2,(H,19,20). The number of halogens is 2. The van der Waals surface area contributed by atoms with Gasteiger partial charge in [0.2, 0.25) is 22.5 Å². The van der Waals surface area contributed by atoms with Crippen LogP contribution in [-0.2, 0) is 6.42 Å². The Balaban J connectivity index is 0.000000154. The van der Waals surface area contributed by atoms with Gasteiger partial charge in [-0.15, -0.1) is 0 Å². The van der Waals surface area contributed by atoms with Crippen molar-refractivity contribution in [2.24, 2.45) is 0 Å². The number of anilines is 1. The van der Waals surface area contributed by atoms with Crippen LogP contribution in [0.15, 0.2) is 144 Å². The molecule has 6 heterocycles. The van der Waals surface area contributed by atoms with Crippen LogP contribution in [0.25, 0.3) is 44.1 Å². The van der Waals surface area contributed by atoms with Crippen molar-refractivity contribution in [2.75, 3.05) is 34.2 Å². The molecule has 420 valence electrons. The largest absolute Gasteiger partial charge is 0.493 e. The summed E-state index contributed by atoms with van der Waals surface area (Å²) in [7, 11) is 6.25. The van der Waals surface area contributed by atoms with Crippen LogP contribution in [0.4, 0.5) is 14.7 Å². The van der Waals surface area contributed by atoms with Gasteiger partial charge in [-0.25, -0.2) is 33.5 Å². The van der Waals surface area contributed by atoms with Crippen molar-refractivity contribution < 1.29 is 51.9 Å². The molecule has 2 aliphatic carbocycles. The van der Waals surface area contributed by atoms with Gasteiger partial charge in [-0.2, -0.15) is 10.2 Å². The highest BCUT2D eigenvalue weighted by molar-refractivity contribution is 5.96. The Bertz CT molecular complexity index is 4160. The van der Waals surface area contributed by atoms with Crippen molar-refractivity contribution in [3.63, 3.8) is 0 Å². The summed E-state index contributed by atoms with van der Waals surface area (Å²) in [4.78, 5) is 74.8. The third-order valence-electron chi connectivity index (χ3n) is 13.0. The highest BCUT2D eigenvalue weighted by Crippen LogP contribution is 2.39. The van der Waals surface area contributed by atoms with E-state index in [2.05, 4.69) is 40.1 Å². The molecule has 83 heavy (non-hydrogen) atoms. The van der Waals surface area contributed by atoms with E-state index in [0.717, 1.165) is 36.6 Å². The van der Waals surface area contributed by atoms with Crippen LogP contribution in [0.1, 0.15) is 64.6 Å². The van der Waals surface area contributed by atoms with Crippen LogP contribution >= 0.6 is 0 Å². The smallest absolute Gasteiger partial charge is 0.360 e. The number of benzene rings is 4. The van der Waals surface area contributed by atoms with Gasteiger partial charge in [0.1, 0.15) is 29.0 Å². The maximum atomic E-state index is 13.5. The molecule has 0 atom stereocenters. The molecule has 3 N–H and O–H groups in total. The van der Waals surface area contributed by atoms with Crippen LogP contribution in [0.3, 0.4) is 0 Å². The topological polar surface area (TPSA) is 283 Å². The molecule has 0 aliphatic heterocycles. The average molecular weight is 1130 g/mol. The van der Waals surface area contributed by atoms with E-state index in [0.29, 0.717) is 73.6 Å². The molecule has 10 aromatic rings. The van der Waals surface area contributed by atoms with E-state index in [9.17, 15) is 28.0 Å². The van der Waals surface area contributed by atoms with Crippen LogP contribution in [0.5, 0.6) is 46.0 Å². The van der Waals surface area contributed by atoms with Crippen molar-refractivity contribution in [3.8, 4) is 68.2 Å². The van der Waals surface area contributed by atoms with E-state index in [1.807, 2.05) is 6.07 Å². The Labute approximate surface area is 469 Å². The number of pyridine rings is 2. The number of aromatic carboxylic acids is 1. The normalized spacial score (nSPS) is 12.5. The minimum absolute atomic E-state index is 0.124. The predicted molar refractivity (Wildman–Crippen MR) is 298 cm³/mol. The van der Waals surface area contributed by atoms with Crippen molar-refractivity contribution in [2.45, 2.75) is 44.2 Å². The van der Waals surface area contributed by atoms with E-state index in [1.165, 1.54) is 78.0 Å². The quantitative estimate of drug-likeness (QED) is 0.0851. The number of Topliss-reactive ketones (excluding diaryl/α,β-unsaturated/α-hetero) is 1. The number of fused-ring (bicyclic) bond motifs is 2. The zero-order chi connectivity index (χ0) is 58.3. The second-order valence-electron chi connectivity index (χ2n) is 18.7. The number of hydrogen-bond acceptors (Lipinski definition) is 19. The number of ketones is 1. The number of carbonyl (C=O) groups is 2. The number of carbonyl (C=O) groups excluding carboxylic acids is 1. The highest BCUT2D eigenvalue weighted by Gasteiger charge is 2.29. The second-order valence-corrected chi connectivity index (χ2v) is 18.7. The van der Waals surface area contributed by atoms with E-state index in [4.69, 9.17) is 39.3 Å². The first-order chi connectivity index (χ1) is 40.2. The molecular weight excluding hydrogens is 1080 g/mol. The molecule has 0 unspecified atom stereocenters. The molecule has 6 aromatic heterocycles. The van der Waals surface area contributed by atoms with Gasteiger partial charge >= 0.3 is 5.97 Å². The van der Waals surface area contributed by atoms with Gasteiger partial charge in [-0.05, 0) is 85.3 Å². The average Bonchev–Trinajstić information content (AvgIpc) is 4.62. The summed E-state index contributed by atoms with van der Waals surface area (Å²) in [6.07, 6.45) is 15.8. The van der Waals surface area contributed by atoms with Gasteiger partial charge in [-0.3, -0.25) is 33.7 Å². The molecule has 2 saturated carbocycles. The lowest BCUT2D eigenvalue weighted by Crippen LogP contribution is -2.25. The number of ether oxygens (including phenoxy) is 6. The molecule has 0 radical (unpaired) electrons. The third kappa shape index (κ3) is 12.8. The number of aromatic nitrogens is 10. The Hall–Kier alpha value is -10.8. The minimum atomic E-state index is -1.35. The summed E-state index contributed by atoms with van der Waals surface area (Å²) in [6.45, 7) is 0. The van der Waals surface area contributed by atoms with Crippen molar-refractivity contribution in [1.82, 2.24) is 49.5 Å². The predicted octanol–water partition coefficient (Wildman–Crippen LogP) is 9.46. The molecule has 24 heteroatoms. The number of carboxylic acid groups (broad SMARTS) is 1. The first-order valence-corrected chi connectivity index (χ1v) is 25.5. The minimum Gasteiger partial charge on any atom is -0.493 e. The summed E-state index contributed by atoms with van der Waals surface area (Å²) in [5.41, 5.74) is 6.48. The SMILES string of the molecule is COc1cc2nccc(Oc3cnc(CC(=O)c4nn(C5CC5)cc(-c5ccc(F)cc5)c4=O)nc3)c2cc1OC.COc1cc2nccc(Oc3cnc(N)nc3)c2cc1OC.O=C(O)c1nn(C2CC2)cc(-c2ccc(F)cc2)c1=O. The monoisotopic (exact) mass is 1130 g/mol. The molecule has 4 aromatic carbocycles. The lowest BCUT2D eigenvalue weighted by molar-refractivity contribution is 0.0685. The summed E-state index contributed by atoms with van der Waals surface area (Å²) in [6, 6.07) is 21.8. The first kappa shape index (κ1) is 55.5. The van der Waals surface area contributed by atoms with Crippen molar-refractivity contribution >= 4 is 39.5 Å². The third-order valence-corrected chi connectivity index (χ3v) is 13.0. The van der Waals surface area contributed by atoms with E-state index in [1.54, 1.807) is 88.2 Å². The summed E-state index contributed by atoms with van der Waals surface area (Å²) in [5, 5.41) is 18.8. The van der Waals surface area contributed by atoms with Gasteiger partial charge in [0.15, 0.2) is 46.0 Å². The summed E-state index contributed by atoms with van der Waals surface area (Å²) >= 11 is 0. The number of hydrogen-bond donors (Lipinski definition) is 2. The molecule has 0 bridgehead atoms. The molecule has 2 aliphatic rings. The lowest BCUT2D eigenvalue weighted by Gasteiger charge is -2.12. The van der Waals surface area contributed by atoms with Crippen LogP contribution in [0, 0.1) is 11.6 Å². The molecule has 22 nitrogen and oxygen atoms in total. The number of carboxylic acids is 1. The molecule has 0 amide bonds. The van der Waals surface area contributed by atoms with E-state index >= 15 is 0 Å². The van der Waals surface area contributed by atoms with Gasteiger partial charge in [0, 0.05) is 58.8 Å². The van der Waals surface area contributed by atoms with Crippen LogP contribution in [-0.4, -0.2) is 94.8 Å². The summed E-state index contributed by atoms with van der Waals surface area (Å²) < 4.78 is 62.7. The fraction of sp³-hybridized carbons (Fsp3) is 0.186. The second kappa shape index (κ2) is 24.3. The number of nitrogens with two attached hydrogens (primary N) is 1. The molecule has 0 saturated heterocycles. The number of nitrogen functional groups attached to an aromatic ring is 1. The van der Waals surface area contributed by atoms with E-state index in [-0.39, 0.29) is 41.5 Å². The molecule has 0 spiro atoms. The maximum Gasteiger partial charge on any atom is 0.360 e. The van der Waals surface area contributed by atoms with Crippen LogP contribution in [0.2, 0.25) is 0 Å². The fourth-order valence-corrected chi connectivity index (χ4v) is 8.48. The Kier molecular flexibility index (Phi) is 16.3. The summed E-state index contributed by atoms with van der Waals surface area (Å²) in [5.74, 6) is 1.93. The number of nitrogens with zero attached hydrogens (tertiary/aromatic N) is 10. The first-order valence-electron chi connectivity index (χ1n) is 25.5. The Morgan fingerprint density at radius 3 is 1.36 bits per heavy atom. The van der Waals surface area contributed by atoms with Gasteiger partial charge < -0.3 is 39.3 Å². The van der Waals surface area contributed by atoms with Gasteiger partial charge in [0.25, 0.3) is 0 Å². The molecular formula is C59H49F2N11O11. The molecule has 2 fully saturated rings. The lowest BCUT2D eigenvalue weighted by atomic mass is 10.0. The Morgan fingerprint density at radius 2 is 0.952 bits per heavy atom. The molecule has 12 rings (SSSR count).